The van der Waals surface area contributed by atoms with Gasteiger partial charge in [0.1, 0.15) is 0 Å². The first-order chi connectivity index (χ1) is 17.7. The van der Waals surface area contributed by atoms with E-state index in [1.807, 2.05) is 60.8 Å². The average Bonchev–Trinajstić information content (AvgIpc) is 3.24. The van der Waals surface area contributed by atoms with Gasteiger partial charge in [-0.1, -0.05) is 54.6 Å². The van der Waals surface area contributed by atoms with E-state index < -0.39 is 11.5 Å². The number of benzene rings is 3. The van der Waals surface area contributed by atoms with Gasteiger partial charge in [0.15, 0.2) is 0 Å². The van der Waals surface area contributed by atoms with Crippen LogP contribution in [0.5, 0.6) is 0 Å². The molecule has 3 aliphatic rings. The first-order valence-electron chi connectivity index (χ1n) is 12.2. The van der Waals surface area contributed by atoms with Crippen molar-refractivity contribution in [1.82, 2.24) is 4.90 Å². The molecule has 176 valence electrons. The molecule has 0 amide bonds. The number of anilines is 1. The molecule has 0 bridgehead atoms. The second-order valence-corrected chi connectivity index (χ2v) is 9.25. The summed E-state index contributed by atoms with van der Waals surface area (Å²) in [6, 6.07) is 30.0. The monoisotopic (exact) mass is 471 g/mol. The van der Waals surface area contributed by atoms with Crippen LogP contribution in [0, 0.1) is 28.1 Å². The number of nitrogens with zero attached hydrogens (tertiary/aromatic N) is 5. The van der Waals surface area contributed by atoms with E-state index in [1.165, 1.54) is 0 Å². The maximum atomic E-state index is 10.6. The first kappa shape index (κ1) is 22.1. The molecule has 2 atom stereocenters. The maximum Gasteiger partial charge on any atom is 0.208 e. The Balaban J connectivity index is 1.50. The van der Waals surface area contributed by atoms with E-state index in [0.717, 1.165) is 54.4 Å². The summed E-state index contributed by atoms with van der Waals surface area (Å²) in [4.78, 5) is 9.47. The summed E-state index contributed by atoms with van der Waals surface area (Å²) in [5.41, 5.74) is 4.02. The van der Waals surface area contributed by atoms with E-state index in [1.54, 1.807) is 0 Å². The van der Waals surface area contributed by atoms with Crippen LogP contribution in [0.25, 0.3) is 6.08 Å². The maximum absolute atomic E-state index is 10.6. The smallest absolute Gasteiger partial charge is 0.208 e. The van der Waals surface area contributed by atoms with Crippen molar-refractivity contribution >= 4 is 23.2 Å². The summed E-state index contributed by atoms with van der Waals surface area (Å²) in [5.74, 6) is 0. The summed E-state index contributed by atoms with van der Waals surface area (Å²) >= 11 is 0. The van der Waals surface area contributed by atoms with Crippen LogP contribution in [0.4, 0.5) is 11.4 Å². The van der Waals surface area contributed by atoms with Crippen LogP contribution >= 0.6 is 0 Å². The summed E-state index contributed by atoms with van der Waals surface area (Å²) in [7, 11) is 0. The Morgan fingerprint density at radius 1 is 0.861 bits per heavy atom. The number of hydrogen-bond acceptors (Lipinski definition) is 6. The Labute approximate surface area is 211 Å². The van der Waals surface area contributed by atoms with E-state index >= 15 is 0 Å². The third-order valence-corrected chi connectivity index (χ3v) is 7.33. The number of ether oxygens (including phenoxy) is 1. The third kappa shape index (κ3) is 3.47. The van der Waals surface area contributed by atoms with Crippen molar-refractivity contribution in [2.24, 2.45) is 10.4 Å². The molecular weight excluding hydrogens is 446 g/mol. The third-order valence-electron chi connectivity index (χ3n) is 7.33. The Bertz CT molecular complexity index is 1390. The van der Waals surface area contributed by atoms with Crippen LogP contribution in [-0.4, -0.2) is 36.9 Å². The van der Waals surface area contributed by atoms with Gasteiger partial charge in [-0.25, -0.2) is 0 Å². The molecule has 0 radical (unpaired) electrons. The van der Waals surface area contributed by atoms with Gasteiger partial charge >= 0.3 is 0 Å². The highest BCUT2D eigenvalue weighted by molar-refractivity contribution is 6.05. The zero-order valence-electron chi connectivity index (χ0n) is 19.8. The van der Waals surface area contributed by atoms with Gasteiger partial charge in [0.05, 0.1) is 48.8 Å². The molecule has 0 saturated carbocycles. The van der Waals surface area contributed by atoms with E-state index in [9.17, 15) is 10.5 Å². The molecule has 6 nitrogen and oxygen atoms in total. The second kappa shape index (κ2) is 9.00. The molecule has 2 saturated heterocycles. The molecule has 2 fully saturated rings. The summed E-state index contributed by atoms with van der Waals surface area (Å²) in [6.45, 7) is 3.17. The predicted molar refractivity (Wildman–Crippen MR) is 139 cm³/mol. The highest BCUT2D eigenvalue weighted by Gasteiger charge is 2.59. The normalized spacial score (nSPS) is 23.0. The summed E-state index contributed by atoms with van der Waals surface area (Å²) < 4.78 is 5.47. The van der Waals surface area contributed by atoms with Crippen molar-refractivity contribution < 1.29 is 4.74 Å². The molecule has 3 aromatic carbocycles. The highest BCUT2D eigenvalue weighted by Crippen LogP contribution is 2.55. The van der Waals surface area contributed by atoms with E-state index in [0.29, 0.717) is 5.71 Å². The minimum atomic E-state index is -1.45. The molecule has 0 aliphatic carbocycles. The second-order valence-electron chi connectivity index (χ2n) is 9.25. The molecule has 3 aliphatic heterocycles. The summed E-state index contributed by atoms with van der Waals surface area (Å²) in [6.07, 6.45) is 4.07. The van der Waals surface area contributed by atoms with E-state index in [2.05, 4.69) is 52.3 Å². The molecule has 6 rings (SSSR count). The fraction of sp³-hybridized carbons (Fsp3) is 0.233. The Morgan fingerprint density at radius 2 is 1.56 bits per heavy atom. The van der Waals surface area contributed by atoms with E-state index in [-0.39, 0.29) is 6.04 Å². The van der Waals surface area contributed by atoms with Crippen molar-refractivity contribution in [2.45, 2.75) is 12.1 Å². The van der Waals surface area contributed by atoms with Crippen molar-refractivity contribution in [1.29, 1.82) is 10.5 Å². The molecule has 0 spiro atoms. The fourth-order valence-corrected chi connectivity index (χ4v) is 5.59. The van der Waals surface area contributed by atoms with Crippen LogP contribution in [0.1, 0.15) is 28.8 Å². The zero-order chi connectivity index (χ0) is 24.5. The van der Waals surface area contributed by atoms with Crippen LogP contribution in [0.2, 0.25) is 0 Å². The van der Waals surface area contributed by atoms with Crippen molar-refractivity contribution in [2.75, 3.05) is 31.2 Å². The predicted octanol–water partition coefficient (Wildman–Crippen LogP) is 5.41. The van der Waals surface area contributed by atoms with Crippen LogP contribution < -0.4 is 4.90 Å². The number of aliphatic imine (C=N–C) groups is 1. The lowest BCUT2D eigenvalue weighted by Crippen LogP contribution is -2.36. The number of rotatable bonds is 3. The minimum Gasteiger partial charge on any atom is -0.378 e. The minimum absolute atomic E-state index is 0.311. The Kier molecular flexibility index (Phi) is 5.52. The van der Waals surface area contributed by atoms with Gasteiger partial charge in [-0.2, -0.15) is 10.5 Å². The lowest BCUT2D eigenvalue weighted by Gasteiger charge is -2.33. The van der Waals surface area contributed by atoms with Gasteiger partial charge in [-0.3, -0.25) is 4.99 Å². The summed E-state index contributed by atoms with van der Waals surface area (Å²) in [5, 5.41) is 21.2. The average molecular weight is 472 g/mol. The van der Waals surface area contributed by atoms with E-state index in [4.69, 9.17) is 9.73 Å². The SMILES string of the molecule is N#CC1(C#N)C(=Nc2ccc(N3CCOCC3)cc2)[C@@H]2c3ccccc3C=CN2[C@H]1c1ccccc1. The number of fused-ring (bicyclic) bond motifs is 3. The number of hydrogen-bond donors (Lipinski definition) is 0. The van der Waals surface area contributed by atoms with Crippen LogP contribution in [-0.2, 0) is 4.74 Å². The lowest BCUT2D eigenvalue weighted by atomic mass is 9.76. The van der Waals surface area contributed by atoms with Gasteiger partial charge < -0.3 is 14.5 Å². The molecule has 0 aromatic heterocycles. The molecular formula is C30H25N5O. The van der Waals surface area contributed by atoms with Gasteiger partial charge in [0, 0.05) is 25.0 Å². The zero-order valence-corrected chi connectivity index (χ0v) is 19.8. The van der Waals surface area contributed by atoms with Gasteiger partial charge in [-0.15, -0.1) is 0 Å². The lowest BCUT2D eigenvalue weighted by molar-refractivity contribution is 0.122. The van der Waals surface area contributed by atoms with Gasteiger partial charge in [0.25, 0.3) is 0 Å². The molecule has 0 unspecified atom stereocenters. The molecule has 3 aromatic rings. The van der Waals surface area contributed by atoms with Gasteiger partial charge in [0.2, 0.25) is 5.41 Å². The van der Waals surface area contributed by atoms with Crippen molar-refractivity contribution in [3.8, 4) is 12.1 Å². The van der Waals surface area contributed by atoms with Gasteiger partial charge in [-0.05, 0) is 47.0 Å². The standard InChI is InChI=1S/C30H25N5O/c31-20-30(21-32)28(33-24-10-12-25(13-11-24)34-16-18-36-19-17-34)27-26-9-5-4-6-22(26)14-15-35(27)29(30)23-7-2-1-3-8-23/h1-15,27,29H,16-19H2/t27-,29-/m0/s1. The molecule has 36 heavy (non-hydrogen) atoms. The fourth-order valence-electron chi connectivity index (χ4n) is 5.59. The molecule has 6 heteroatoms. The van der Waals surface area contributed by atoms with Crippen LogP contribution in [0.15, 0.2) is 90.1 Å². The first-order valence-corrected chi connectivity index (χ1v) is 12.2. The number of morpholine rings is 1. The molecule has 0 N–H and O–H groups in total. The number of nitriles is 2. The van der Waals surface area contributed by atoms with Crippen LogP contribution in [0.3, 0.4) is 0 Å². The van der Waals surface area contributed by atoms with Crippen molar-refractivity contribution in [3.63, 3.8) is 0 Å². The molecule has 3 heterocycles. The quantitative estimate of drug-likeness (QED) is 0.510. The Hall–Kier alpha value is -4.39. The topological polar surface area (TPSA) is 75.6 Å². The Morgan fingerprint density at radius 3 is 2.28 bits per heavy atom. The van der Waals surface area contributed by atoms with Crippen molar-refractivity contribution in [3.05, 3.63) is 102 Å². The largest absolute Gasteiger partial charge is 0.378 e. The highest BCUT2D eigenvalue weighted by atomic mass is 16.5.